The lowest BCUT2D eigenvalue weighted by atomic mass is 10.1. The van der Waals surface area contributed by atoms with Gasteiger partial charge in [-0.3, -0.25) is 9.69 Å². The van der Waals surface area contributed by atoms with E-state index in [0.717, 1.165) is 24.6 Å². The van der Waals surface area contributed by atoms with Gasteiger partial charge in [-0.1, -0.05) is 18.2 Å². The first kappa shape index (κ1) is 15.4. The molecule has 0 radical (unpaired) electrons. The predicted molar refractivity (Wildman–Crippen MR) is 81.7 cm³/mol. The van der Waals surface area contributed by atoms with Crippen LogP contribution in [0.4, 0.5) is 0 Å². The van der Waals surface area contributed by atoms with Gasteiger partial charge >= 0.3 is 0 Å². The highest BCUT2D eigenvalue weighted by molar-refractivity contribution is 5.81. The molecule has 21 heavy (non-hydrogen) atoms. The second-order valence-electron chi connectivity index (χ2n) is 5.05. The van der Waals surface area contributed by atoms with E-state index < -0.39 is 0 Å². The number of benzene rings is 1. The zero-order valence-corrected chi connectivity index (χ0v) is 12.5. The van der Waals surface area contributed by atoms with E-state index in [9.17, 15) is 4.79 Å². The van der Waals surface area contributed by atoms with Crippen molar-refractivity contribution in [2.45, 2.75) is 19.1 Å². The minimum Gasteiger partial charge on any atom is -0.493 e. The quantitative estimate of drug-likeness (QED) is 0.772. The summed E-state index contributed by atoms with van der Waals surface area (Å²) in [6, 6.07) is 7.44. The fraction of sp³-hybridized carbons (Fsp3) is 0.438. The van der Waals surface area contributed by atoms with Crippen molar-refractivity contribution >= 4 is 5.91 Å². The summed E-state index contributed by atoms with van der Waals surface area (Å²) < 4.78 is 11.2. The number of hydrogen-bond acceptors (Lipinski definition) is 4. The molecular formula is C16H22N2O3. The summed E-state index contributed by atoms with van der Waals surface area (Å²) in [5.74, 6) is 1.49. The van der Waals surface area contributed by atoms with Gasteiger partial charge in [0.25, 0.3) is 0 Å². The maximum Gasteiger partial charge on any atom is 0.237 e. The van der Waals surface area contributed by atoms with Gasteiger partial charge in [0.1, 0.15) is 6.10 Å². The van der Waals surface area contributed by atoms with Crippen molar-refractivity contribution in [3.8, 4) is 11.5 Å². The van der Waals surface area contributed by atoms with Gasteiger partial charge in [-0.05, 0) is 19.1 Å². The lowest BCUT2D eigenvalue weighted by Crippen LogP contribution is -2.60. The van der Waals surface area contributed by atoms with Crippen LogP contribution in [-0.4, -0.2) is 49.7 Å². The van der Waals surface area contributed by atoms with E-state index in [1.165, 1.54) is 0 Å². The van der Waals surface area contributed by atoms with Gasteiger partial charge < -0.3 is 14.8 Å². The Morgan fingerprint density at radius 1 is 1.48 bits per heavy atom. The Hall–Kier alpha value is -2.01. The molecule has 1 atom stereocenters. The molecular weight excluding hydrogens is 268 g/mol. The molecule has 0 bridgehead atoms. The molecule has 5 nitrogen and oxygen atoms in total. The van der Waals surface area contributed by atoms with Gasteiger partial charge in [-0.15, -0.1) is 6.58 Å². The molecule has 1 aromatic carbocycles. The average molecular weight is 290 g/mol. The van der Waals surface area contributed by atoms with Crippen LogP contribution in [0.1, 0.15) is 6.92 Å². The van der Waals surface area contributed by atoms with E-state index in [0.29, 0.717) is 6.54 Å². The number of nitrogens with one attached hydrogen (secondary N) is 1. The molecule has 0 spiro atoms. The van der Waals surface area contributed by atoms with Gasteiger partial charge in [0, 0.05) is 19.6 Å². The van der Waals surface area contributed by atoms with Crippen LogP contribution in [0.15, 0.2) is 36.9 Å². The van der Waals surface area contributed by atoms with E-state index in [1.54, 1.807) is 13.2 Å². The van der Waals surface area contributed by atoms with Crippen molar-refractivity contribution in [3.05, 3.63) is 36.9 Å². The molecule has 1 aromatic rings. The number of ether oxygens (including phenoxy) is 2. The average Bonchev–Trinajstić information content (AvgIpc) is 2.47. The molecule has 1 unspecified atom stereocenters. The van der Waals surface area contributed by atoms with Crippen LogP contribution in [0.5, 0.6) is 11.5 Å². The van der Waals surface area contributed by atoms with Crippen LogP contribution in [0.3, 0.4) is 0 Å². The number of para-hydroxylation sites is 2. The van der Waals surface area contributed by atoms with Gasteiger partial charge in [0.2, 0.25) is 5.91 Å². The number of rotatable bonds is 7. The topological polar surface area (TPSA) is 50.8 Å². The third-order valence-corrected chi connectivity index (χ3v) is 3.59. The third kappa shape index (κ3) is 3.76. The van der Waals surface area contributed by atoms with Crippen molar-refractivity contribution in [3.63, 3.8) is 0 Å². The van der Waals surface area contributed by atoms with Crippen molar-refractivity contribution in [2.24, 2.45) is 0 Å². The number of nitrogens with zero attached hydrogens (tertiary/aromatic N) is 1. The second kappa shape index (κ2) is 7.13. The summed E-state index contributed by atoms with van der Waals surface area (Å²) in [5, 5.41) is 2.80. The molecule has 1 amide bonds. The standard InChI is InChI=1S/C16H22N2O3/c1-4-9-17-16(19)12(2)18-10-13(11-18)21-15-8-6-5-7-14(15)20-3/h4-8,12-13H,1,9-11H2,2-3H3,(H,17,19). The van der Waals surface area contributed by atoms with Crippen LogP contribution in [0, 0.1) is 0 Å². The molecule has 2 rings (SSSR count). The first-order valence-corrected chi connectivity index (χ1v) is 7.08. The van der Waals surface area contributed by atoms with Crippen LogP contribution in [0.2, 0.25) is 0 Å². The minimum absolute atomic E-state index is 0.0191. The number of methoxy groups -OCH3 is 1. The summed E-state index contributed by atoms with van der Waals surface area (Å²) in [7, 11) is 1.63. The summed E-state index contributed by atoms with van der Waals surface area (Å²) in [5.41, 5.74) is 0. The van der Waals surface area contributed by atoms with E-state index in [1.807, 2.05) is 31.2 Å². The number of likely N-dealkylation sites (tertiary alicyclic amines) is 1. The number of carbonyl (C=O) groups excluding carboxylic acids is 1. The molecule has 114 valence electrons. The van der Waals surface area contributed by atoms with E-state index in [4.69, 9.17) is 9.47 Å². The number of carbonyl (C=O) groups is 1. The monoisotopic (exact) mass is 290 g/mol. The lowest BCUT2D eigenvalue weighted by Gasteiger charge is -2.42. The SMILES string of the molecule is C=CCNC(=O)C(C)N1CC(Oc2ccccc2OC)C1. The lowest BCUT2D eigenvalue weighted by molar-refractivity contribution is -0.129. The van der Waals surface area contributed by atoms with Crippen LogP contribution in [-0.2, 0) is 4.79 Å². The number of hydrogen-bond donors (Lipinski definition) is 1. The molecule has 5 heteroatoms. The van der Waals surface area contributed by atoms with E-state index in [2.05, 4.69) is 16.8 Å². The largest absolute Gasteiger partial charge is 0.493 e. The zero-order valence-electron chi connectivity index (χ0n) is 12.5. The molecule has 0 saturated carbocycles. The third-order valence-electron chi connectivity index (χ3n) is 3.59. The summed E-state index contributed by atoms with van der Waals surface area (Å²) in [6.45, 7) is 7.46. The van der Waals surface area contributed by atoms with E-state index in [-0.39, 0.29) is 18.1 Å². The molecule has 1 saturated heterocycles. The molecule has 1 aliphatic rings. The van der Waals surface area contributed by atoms with Crippen LogP contribution < -0.4 is 14.8 Å². The highest BCUT2D eigenvalue weighted by Gasteiger charge is 2.35. The molecule has 1 fully saturated rings. The van der Waals surface area contributed by atoms with Crippen molar-refractivity contribution < 1.29 is 14.3 Å². The Morgan fingerprint density at radius 2 is 2.14 bits per heavy atom. The summed E-state index contributed by atoms with van der Waals surface area (Å²) >= 11 is 0. The van der Waals surface area contributed by atoms with Crippen molar-refractivity contribution in [1.29, 1.82) is 0 Å². The first-order valence-electron chi connectivity index (χ1n) is 7.08. The Bertz CT molecular complexity index is 498. The Balaban J connectivity index is 1.81. The highest BCUT2D eigenvalue weighted by atomic mass is 16.5. The van der Waals surface area contributed by atoms with Gasteiger partial charge in [0.05, 0.1) is 13.2 Å². The zero-order chi connectivity index (χ0) is 15.2. The second-order valence-corrected chi connectivity index (χ2v) is 5.05. The molecule has 1 N–H and O–H groups in total. The van der Waals surface area contributed by atoms with E-state index >= 15 is 0 Å². The van der Waals surface area contributed by atoms with Gasteiger partial charge in [-0.25, -0.2) is 0 Å². The van der Waals surface area contributed by atoms with Gasteiger partial charge in [0.15, 0.2) is 11.5 Å². The smallest absolute Gasteiger partial charge is 0.237 e. The fourth-order valence-electron chi connectivity index (χ4n) is 2.24. The predicted octanol–water partition coefficient (Wildman–Crippen LogP) is 1.45. The summed E-state index contributed by atoms with van der Waals surface area (Å²) in [6.07, 6.45) is 1.77. The maximum absolute atomic E-state index is 11.8. The number of amides is 1. The molecule has 0 aromatic heterocycles. The first-order chi connectivity index (χ1) is 10.2. The normalized spacial score (nSPS) is 16.7. The summed E-state index contributed by atoms with van der Waals surface area (Å²) in [4.78, 5) is 13.9. The minimum atomic E-state index is -0.150. The molecule has 0 aliphatic carbocycles. The molecule has 1 aliphatic heterocycles. The fourth-order valence-corrected chi connectivity index (χ4v) is 2.24. The van der Waals surface area contributed by atoms with Crippen LogP contribution in [0.25, 0.3) is 0 Å². The van der Waals surface area contributed by atoms with Crippen molar-refractivity contribution in [2.75, 3.05) is 26.7 Å². The Labute approximate surface area is 125 Å². The Kier molecular flexibility index (Phi) is 5.22. The Morgan fingerprint density at radius 3 is 2.76 bits per heavy atom. The highest BCUT2D eigenvalue weighted by Crippen LogP contribution is 2.29. The van der Waals surface area contributed by atoms with Crippen LogP contribution >= 0.6 is 0 Å². The van der Waals surface area contributed by atoms with Crippen molar-refractivity contribution in [1.82, 2.24) is 10.2 Å². The van der Waals surface area contributed by atoms with Gasteiger partial charge in [-0.2, -0.15) is 0 Å². The molecule has 1 heterocycles. The maximum atomic E-state index is 11.8.